The summed E-state index contributed by atoms with van der Waals surface area (Å²) in [7, 11) is 1.34. The Labute approximate surface area is 204 Å². The maximum atomic E-state index is 12.8. The Morgan fingerprint density at radius 2 is 1.88 bits per heavy atom. The van der Waals surface area contributed by atoms with Crippen LogP contribution in [0.3, 0.4) is 0 Å². The van der Waals surface area contributed by atoms with Gasteiger partial charge in [-0.05, 0) is 60.5 Å². The van der Waals surface area contributed by atoms with Crippen molar-refractivity contribution in [2.24, 2.45) is 0 Å². The van der Waals surface area contributed by atoms with Gasteiger partial charge < -0.3 is 24.7 Å². The van der Waals surface area contributed by atoms with Crippen molar-refractivity contribution in [3.63, 3.8) is 0 Å². The summed E-state index contributed by atoms with van der Waals surface area (Å²) in [6.07, 6.45) is 1.42. The molecule has 3 amide bonds. The molecule has 0 saturated carbocycles. The summed E-state index contributed by atoms with van der Waals surface area (Å²) in [5.41, 5.74) is 2.77. The van der Waals surface area contributed by atoms with Gasteiger partial charge in [0.05, 0.1) is 23.0 Å². The molecule has 0 spiro atoms. The zero-order chi connectivity index (χ0) is 25.0. The van der Waals surface area contributed by atoms with Crippen LogP contribution in [-0.2, 0) is 14.4 Å². The molecule has 0 bridgehead atoms. The Hall–Kier alpha value is -3.50. The molecule has 3 rings (SSSR count). The van der Waals surface area contributed by atoms with Crippen molar-refractivity contribution in [1.29, 1.82) is 0 Å². The van der Waals surface area contributed by atoms with Crippen LogP contribution in [0.25, 0.3) is 6.08 Å². The van der Waals surface area contributed by atoms with Crippen molar-refractivity contribution >= 4 is 58.1 Å². The molecule has 0 aromatic heterocycles. The summed E-state index contributed by atoms with van der Waals surface area (Å²) < 4.78 is 10.3. The number of carbonyl (C=O) groups excluding carboxylic acids is 4. The Kier molecular flexibility index (Phi) is 7.85. The van der Waals surface area contributed by atoms with Crippen molar-refractivity contribution in [1.82, 2.24) is 4.90 Å². The fraction of sp³-hybridized carbons (Fsp3) is 0.217. The first-order valence-electron chi connectivity index (χ1n) is 9.92. The van der Waals surface area contributed by atoms with Crippen LogP contribution in [0.15, 0.2) is 35.2 Å². The van der Waals surface area contributed by atoms with Crippen molar-refractivity contribution in [3.05, 3.63) is 56.9 Å². The van der Waals surface area contributed by atoms with E-state index in [9.17, 15) is 24.3 Å². The second-order valence-corrected chi connectivity index (χ2v) is 8.68. The van der Waals surface area contributed by atoms with E-state index >= 15 is 0 Å². The summed E-state index contributed by atoms with van der Waals surface area (Å²) >= 11 is 6.86. The molecule has 0 radical (unpaired) electrons. The number of methoxy groups -OCH3 is 1. The molecule has 2 aromatic carbocycles. The zero-order valence-corrected chi connectivity index (χ0v) is 20.0. The van der Waals surface area contributed by atoms with E-state index in [1.54, 1.807) is 0 Å². The van der Waals surface area contributed by atoms with E-state index in [1.165, 1.54) is 25.3 Å². The number of benzene rings is 2. The minimum atomic E-state index is -1.43. The van der Waals surface area contributed by atoms with Crippen LogP contribution in [-0.4, -0.2) is 48.2 Å². The van der Waals surface area contributed by atoms with Gasteiger partial charge in [-0.25, -0.2) is 0 Å². The number of nitrogens with one attached hydrogen (secondary N) is 1. The number of carboxylic acid groups (broad SMARTS) is 1. The third kappa shape index (κ3) is 5.70. The number of thioether (sulfide) groups is 1. The van der Waals surface area contributed by atoms with Crippen LogP contribution in [0, 0.1) is 13.8 Å². The average molecular weight is 504 g/mol. The number of carbonyl (C=O) groups is 4. The van der Waals surface area contributed by atoms with Gasteiger partial charge in [0, 0.05) is 5.69 Å². The van der Waals surface area contributed by atoms with Gasteiger partial charge in [0.15, 0.2) is 11.5 Å². The molecule has 9 nitrogen and oxygen atoms in total. The first kappa shape index (κ1) is 25.1. The molecule has 2 aromatic rings. The van der Waals surface area contributed by atoms with Gasteiger partial charge in [0.2, 0.25) is 5.91 Å². The lowest BCUT2D eigenvalue weighted by molar-refractivity contribution is -0.307. The van der Waals surface area contributed by atoms with Crippen molar-refractivity contribution < 1.29 is 33.8 Å². The molecule has 0 aliphatic carbocycles. The Morgan fingerprint density at radius 1 is 1.21 bits per heavy atom. The van der Waals surface area contributed by atoms with Gasteiger partial charge in [0.1, 0.15) is 13.2 Å². The van der Waals surface area contributed by atoms with Gasteiger partial charge in [-0.3, -0.25) is 19.3 Å². The predicted octanol–water partition coefficient (Wildman–Crippen LogP) is 2.77. The molecular weight excluding hydrogens is 484 g/mol. The highest BCUT2D eigenvalue weighted by Crippen LogP contribution is 2.39. The standard InChI is InChI=1S/C23H21ClN2O7S/c1-12-5-4-6-13(2)20(12)25-18(27)10-26-22(30)17(34-23(26)31)9-14-7-15(24)21(16(8-14)32-3)33-11-19(28)29/h4-9H,10-11H2,1-3H3,(H,25,27)(H,28,29)/p-1/b17-9+. The minimum absolute atomic E-state index is 0.00166. The number of rotatable bonds is 8. The van der Waals surface area contributed by atoms with Crippen molar-refractivity contribution in [2.75, 3.05) is 25.6 Å². The molecule has 0 atom stereocenters. The third-order valence-electron chi connectivity index (χ3n) is 4.80. The van der Waals surface area contributed by atoms with Gasteiger partial charge in [-0.1, -0.05) is 29.8 Å². The fourth-order valence-corrected chi connectivity index (χ4v) is 4.33. The Morgan fingerprint density at radius 3 is 2.50 bits per heavy atom. The van der Waals surface area contributed by atoms with Gasteiger partial charge in [-0.2, -0.15) is 0 Å². The van der Waals surface area contributed by atoms with Crippen molar-refractivity contribution in [2.45, 2.75) is 13.8 Å². The molecule has 1 fully saturated rings. The molecule has 1 saturated heterocycles. The van der Waals surface area contributed by atoms with Gasteiger partial charge in [-0.15, -0.1) is 0 Å². The molecule has 178 valence electrons. The molecule has 11 heteroatoms. The fourth-order valence-electron chi connectivity index (χ4n) is 3.22. The second-order valence-electron chi connectivity index (χ2n) is 7.28. The van der Waals surface area contributed by atoms with E-state index in [-0.39, 0.29) is 21.4 Å². The first-order valence-corrected chi connectivity index (χ1v) is 11.1. The highest BCUT2D eigenvalue weighted by molar-refractivity contribution is 8.18. The summed E-state index contributed by atoms with van der Waals surface area (Å²) in [5, 5.41) is 12.9. The summed E-state index contributed by atoms with van der Waals surface area (Å²) in [5.74, 6) is -2.43. The monoisotopic (exact) mass is 503 g/mol. The van der Waals surface area contributed by atoms with Crippen LogP contribution >= 0.6 is 23.4 Å². The number of halogens is 1. The van der Waals surface area contributed by atoms with E-state index in [0.29, 0.717) is 23.0 Å². The quantitative estimate of drug-likeness (QED) is 0.545. The number of imide groups is 1. The zero-order valence-electron chi connectivity index (χ0n) is 18.5. The van der Waals surface area contributed by atoms with Gasteiger partial charge >= 0.3 is 0 Å². The number of carboxylic acids is 1. The topological polar surface area (TPSA) is 125 Å². The van der Waals surface area contributed by atoms with Crippen LogP contribution < -0.4 is 19.9 Å². The highest BCUT2D eigenvalue weighted by atomic mass is 35.5. The maximum Gasteiger partial charge on any atom is 0.294 e. The highest BCUT2D eigenvalue weighted by Gasteiger charge is 2.36. The minimum Gasteiger partial charge on any atom is -0.546 e. The SMILES string of the molecule is COc1cc(/C=C2/SC(=O)N(CC(=O)Nc3c(C)cccc3C)C2=O)cc(Cl)c1OCC(=O)[O-]. The van der Waals surface area contributed by atoms with E-state index in [0.717, 1.165) is 16.0 Å². The molecule has 0 unspecified atom stereocenters. The van der Waals surface area contributed by atoms with Crippen LogP contribution in [0.4, 0.5) is 10.5 Å². The summed E-state index contributed by atoms with van der Waals surface area (Å²) in [4.78, 5) is 49.3. The number of ether oxygens (including phenoxy) is 2. The molecule has 1 heterocycles. The van der Waals surface area contributed by atoms with E-state index in [2.05, 4.69) is 5.32 Å². The number of nitrogens with zero attached hydrogens (tertiary/aromatic N) is 1. The lowest BCUT2D eigenvalue weighted by atomic mass is 10.1. The Bertz CT molecular complexity index is 1190. The molecular formula is C23H20ClN2O7S-. The summed E-state index contributed by atoms with van der Waals surface area (Å²) in [6.45, 7) is 2.54. The molecule has 1 N–H and O–H groups in total. The number of amides is 3. The third-order valence-corrected chi connectivity index (χ3v) is 5.99. The molecule has 34 heavy (non-hydrogen) atoms. The Balaban J connectivity index is 1.77. The van der Waals surface area contributed by atoms with Crippen LogP contribution in [0.1, 0.15) is 16.7 Å². The normalized spacial score (nSPS) is 14.5. The van der Waals surface area contributed by atoms with Crippen molar-refractivity contribution in [3.8, 4) is 11.5 Å². The van der Waals surface area contributed by atoms with Gasteiger partial charge in [0.25, 0.3) is 11.1 Å². The largest absolute Gasteiger partial charge is 0.546 e. The van der Waals surface area contributed by atoms with E-state index in [4.69, 9.17) is 21.1 Å². The molecule has 1 aliphatic heterocycles. The van der Waals surface area contributed by atoms with Crippen LogP contribution in [0.5, 0.6) is 11.5 Å². The number of para-hydroxylation sites is 1. The second kappa shape index (κ2) is 10.6. The maximum absolute atomic E-state index is 12.8. The van der Waals surface area contributed by atoms with Crippen LogP contribution in [0.2, 0.25) is 5.02 Å². The number of aliphatic carboxylic acids is 1. The molecule has 1 aliphatic rings. The smallest absolute Gasteiger partial charge is 0.294 e. The summed E-state index contributed by atoms with van der Waals surface area (Å²) in [6, 6.07) is 8.46. The lowest BCUT2D eigenvalue weighted by Gasteiger charge is -2.15. The van der Waals surface area contributed by atoms with E-state index in [1.807, 2.05) is 32.0 Å². The first-order chi connectivity index (χ1) is 16.1. The van der Waals surface area contributed by atoms with E-state index < -0.39 is 36.2 Å². The lowest BCUT2D eigenvalue weighted by Crippen LogP contribution is -2.36. The number of hydrogen-bond acceptors (Lipinski definition) is 8. The number of anilines is 1. The predicted molar refractivity (Wildman–Crippen MR) is 126 cm³/mol. The number of hydrogen-bond donors (Lipinski definition) is 1. The average Bonchev–Trinajstić information content (AvgIpc) is 3.02. The number of aryl methyl sites for hydroxylation is 2.